The van der Waals surface area contributed by atoms with Crippen LogP contribution in [-0.4, -0.2) is 11.3 Å². The number of hydrazone groups is 1. The summed E-state index contributed by atoms with van der Waals surface area (Å²) in [5, 5.41) is 13.2. The largest absolute Gasteiger partial charge is 0.504 e. The van der Waals surface area contributed by atoms with Crippen molar-refractivity contribution in [1.29, 1.82) is 0 Å². The third-order valence-corrected chi connectivity index (χ3v) is 2.62. The normalized spacial score (nSPS) is 11.8. The number of halogens is 4. The van der Waals surface area contributed by atoms with Gasteiger partial charge in [-0.1, -0.05) is 18.2 Å². The Kier molecular flexibility index (Phi) is 4.11. The number of alkyl halides is 3. The molecule has 7 heteroatoms. The van der Waals surface area contributed by atoms with E-state index >= 15 is 0 Å². The molecule has 0 aromatic heterocycles. The number of para-hydroxylation sites is 1. The van der Waals surface area contributed by atoms with E-state index < -0.39 is 23.3 Å². The summed E-state index contributed by atoms with van der Waals surface area (Å²) in [6, 6.07) is 10.2. The Labute approximate surface area is 117 Å². The maximum Gasteiger partial charge on any atom is 0.419 e. The van der Waals surface area contributed by atoms with Crippen molar-refractivity contribution in [3.63, 3.8) is 0 Å². The molecule has 0 fully saturated rings. The Hall–Kier alpha value is -2.57. The number of phenols is 1. The second-order valence-corrected chi connectivity index (χ2v) is 4.10. The molecule has 0 heterocycles. The molecule has 21 heavy (non-hydrogen) atoms. The van der Waals surface area contributed by atoms with Gasteiger partial charge < -0.3 is 5.11 Å². The molecule has 110 valence electrons. The highest BCUT2D eigenvalue weighted by Crippen LogP contribution is 2.35. The Balaban J connectivity index is 2.20. The number of nitrogens with zero attached hydrogens (tertiary/aromatic N) is 1. The van der Waals surface area contributed by atoms with Gasteiger partial charge >= 0.3 is 6.18 Å². The molecule has 2 N–H and O–H groups in total. The summed E-state index contributed by atoms with van der Waals surface area (Å²) in [5.74, 6) is -2.81. The van der Waals surface area contributed by atoms with Gasteiger partial charge in [-0.15, -0.1) is 0 Å². The molecule has 0 saturated carbocycles. The van der Waals surface area contributed by atoms with Gasteiger partial charge in [0.25, 0.3) is 0 Å². The number of aromatic hydroxyl groups is 1. The number of benzene rings is 2. The van der Waals surface area contributed by atoms with Crippen LogP contribution in [0.15, 0.2) is 47.6 Å². The molecule has 0 aliphatic carbocycles. The van der Waals surface area contributed by atoms with Crippen LogP contribution in [0.1, 0.15) is 11.1 Å². The molecular weight excluding hydrogens is 288 g/mol. The lowest BCUT2D eigenvalue weighted by molar-refractivity contribution is -0.140. The maximum absolute atomic E-state index is 13.5. The van der Waals surface area contributed by atoms with E-state index in [9.17, 15) is 22.7 Å². The summed E-state index contributed by atoms with van der Waals surface area (Å²) in [6.07, 6.45) is -3.83. The molecule has 0 saturated heterocycles. The third-order valence-electron chi connectivity index (χ3n) is 2.62. The zero-order valence-corrected chi connectivity index (χ0v) is 10.5. The van der Waals surface area contributed by atoms with E-state index in [2.05, 4.69) is 10.5 Å². The van der Waals surface area contributed by atoms with Gasteiger partial charge in [0.05, 0.1) is 17.5 Å². The first kappa shape index (κ1) is 14.8. The Bertz CT molecular complexity index is 654. The molecular formula is C14H10F4N2O. The number of rotatable bonds is 3. The number of phenolic OH excluding ortho intramolecular Hbond substituents is 1. The summed E-state index contributed by atoms with van der Waals surface area (Å²) in [4.78, 5) is 0. The summed E-state index contributed by atoms with van der Waals surface area (Å²) in [7, 11) is 0. The average Bonchev–Trinajstić information content (AvgIpc) is 2.43. The van der Waals surface area contributed by atoms with E-state index in [4.69, 9.17) is 0 Å². The quantitative estimate of drug-likeness (QED) is 0.511. The fraction of sp³-hybridized carbons (Fsp3) is 0.0714. The fourth-order valence-corrected chi connectivity index (χ4v) is 1.59. The van der Waals surface area contributed by atoms with Gasteiger partial charge in [0.15, 0.2) is 11.6 Å². The standard InChI is InChI=1S/C14H10F4N2O/c15-12-11(14(16,17)18)7-6-9(13(12)21)8-19-20-10-4-2-1-3-5-10/h1-8,20-21H. The molecule has 0 amide bonds. The lowest BCUT2D eigenvalue weighted by Gasteiger charge is -2.10. The molecule has 0 spiro atoms. The van der Waals surface area contributed by atoms with E-state index in [1.165, 1.54) is 0 Å². The van der Waals surface area contributed by atoms with Gasteiger partial charge in [0, 0.05) is 5.56 Å². The topological polar surface area (TPSA) is 44.6 Å². The van der Waals surface area contributed by atoms with Crippen LogP contribution in [-0.2, 0) is 6.18 Å². The maximum atomic E-state index is 13.5. The zero-order valence-electron chi connectivity index (χ0n) is 10.5. The van der Waals surface area contributed by atoms with Gasteiger partial charge in [-0.25, -0.2) is 4.39 Å². The van der Waals surface area contributed by atoms with Crippen molar-refractivity contribution in [2.24, 2.45) is 5.10 Å². The minimum Gasteiger partial charge on any atom is -0.504 e. The van der Waals surface area contributed by atoms with Crippen molar-refractivity contribution in [3.8, 4) is 5.75 Å². The first-order valence-corrected chi connectivity index (χ1v) is 5.82. The zero-order chi connectivity index (χ0) is 15.5. The first-order chi connectivity index (χ1) is 9.89. The predicted molar refractivity (Wildman–Crippen MR) is 70.7 cm³/mol. The van der Waals surface area contributed by atoms with Crippen LogP contribution in [0, 0.1) is 5.82 Å². The lowest BCUT2D eigenvalue weighted by Crippen LogP contribution is -2.08. The lowest BCUT2D eigenvalue weighted by atomic mass is 10.1. The Morgan fingerprint density at radius 1 is 1.05 bits per heavy atom. The SMILES string of the molecule is Oc1c(C=NNc2ccccc2)ccc(C(F)(F)F)c1F. The van der Waals surface area contributed by atoms with Gasteiger partial charge in [0.1, 0.15) is 0 Å². The highest BCUT2D eigenvalue weighted by molar-refractivity contribution is 5.84. The van der Waals surface area contributed by atoms with Crippen LogP contribution < -0.4 is 5.43 Å². The Morgan fingerprint density at radius 3 is 2.33 bits per heavy atom. The van der Waals surface area contributed by atoms with E-state index in [0.29, 0.717) is 11.8 Å². The van der Waals surface area contributed by atoms with E-state index in [0.717, 1.165) is 12.3 Å². The molecule has 0 aliphatic rings. The molecule has 3 nitrogen and oxygen atoms in total. The van der Waals surface area contributed by atoms with E-state index in [1.54, 1.807) is 30.3 Å². The van der Waals surface area contributed by atoms with Crippen molar-refractivity contribution < 1.29 is 22.7 Å². The van der Waals surface area contributed by atoms with Crippen LogP contribution in [0.4, 0.5) is 23.2 Å². The van der Waals surface area contributed by atoms with Crippen LogP contribution in [0.2, 0.25) is 0 Å². The van der Waals surface area contributed by atoms with Crippen molar-refractivity contribution in [3.05, 3.63) is 59.4 Å². The second-order valence-electron chi connectivity index (χ2n) is 4.10. The van der Waals surface area contributed by atoms with Crippen molar-refractivity contribution in [1.82, 2.24) is 0 Å². The molecule has 2 aromatic carbocycles. The molecule has 0 aliphatic heterocycles. The average molecular weight is 298 g/mol. The summed E-state index contributed by atoms with van der Waals surface area (Å²) in [5.41, 5.74) is 1.55. The van der Waals surface area contributed by atoms with Crippen LogP contribution in [0.5, 0.6) is 5.75 Å². The van der Waals surface area contributed by atoms with Crippen molar-refractivity contribution >= 4 is 11.9 Å². The first-order valence-electron chi connectivity index (χ1n) is 5.82. The van der Waals surface area contributed by atoms with Gasteiger partial charge in [-0.05, 0) is 24.3 Å². The summed E-state index contributed by atoms with van der Waals surface area (Å²) in [6.45, 7) is 0. The summed E-state index contributed by atoms with van der Waals surface area (Å²) >= 11 is 0. The molecule has 2 aromatic rings. The van der Waals surface area contributed by atoms with E-state index in [1.807, 2.05) is 0 Å². The van der Waals surface area contributed by atoms with Gasteiger partial charge in [0.2, 0.25) is 0 Å². The van der Waals surface area contributed by atoms with Crippen LogP contribution in [0.3, 0.4) is 0 Å². The minimum absolute atomic E-state index is 0.163. The van der Waals surface area contributed by atoms with E-state index in [-0.39, 0.29) is 5.56 Å². The minimum atomic E-state index is -4.86. The monoisotopic (exact) mass is 298 g/mol. The predicted octanol–water partition coefficient (Wildman–Crippen LogP) is 4.00. The molecule has 0 atom stereocenters. The highest BCUT2D eigenvalue weighted by Gasteiger charge is 2.35. The molecule has 0 unspecified atom stereocenters. The van der Waals surface area contributed by atoms with Gasteiger partial charge in [-0.3, -0.25) is 5.43 Å². The molecule has 2 rings (SSSR count). The fourth-order valence-electron chi connectivity index (χ4n) is 1.59. The summed E-state index contributed by atoms with van der Waals surface area (Å²) < 4.78 is 50.8. The number of hydrogen-bond donors (Lipinski definition) is 2. The number of nitrogens with one attached hydrogen (secondary N) is 1. The van der Waals surface area contributed by atoms with Crippen molar-refractivity contribution in [2.75, 3.05) is 5.43 Å². The second kappa shape index (κ2) is 5.82. The Morgan fingerprint density at radius 2 is 1.71 bits per heavy atom. The highest BCUT2D eigenvalue weighted by atomic mass is 19.4. The smallest absolute Gasteiger partial charge is 0.419 e. The van der Waals surface area contributed by atoms with Crippen molar-refractivity contribution in [2.45, 2.75) is 6.18 Å². The number of hydrogen-bond acceptors (Lipinski definition) is 3. The number of anilines is 1. The van der Waals surface area contributed by atoms with Gasteiger partial charge in [-0.2, -0.15) is 18.3 Å². The third kappa shape index (κ3) is 3.50. The van der Waals surface area contributed by atoms with Crippen LogP contribution >= 0.6 is 0 Å². The van der Waals surface area contributed by atoms with Crippen LogP contribution in [0.25, 0.3) is 0 Å². The molecule has 0 bridgehead atoms. The molecule has 0 radical (unpaired) electrons.